The van der Waals surface area contributed by atoms with Crippen LogP contribution in [0.1, 0.15) is 40.0 Å². The highest BCUT2D eigenvalue weighted by atomic mass is 16.7. The quantitative estimate of drug-likeness (QED) is 0.120. The molecule has 8 bridgehead atoms. The van der Waals surface area contributed by atoms with Crippen LogP contribution >= 0.6 is 0 Å². The Labute approximate surface area is 296 Å². The molecule has 8 rings (SSSR count). The predicted octanol–water partition coefficient (Wildman–Crippen LogP) is 1.41. The van der Waals surface area contributed by atoms with Gasteiger partial charge in [0.1, 0.15) is 54.9 Å². The molecule has 9 N–H and O–H groups in total. The SMILES string of the molecule is OC[C@H]1O[C@@H](O[C@H]2[C@H](O)[C@@H](O)C(c3ccccc3C3=Cc4cc5ccc(cc6ccc(cc7nc(cc3n4)C=C7)[nH]6)[nH]5)O[C@@H]2CO)[C@H](O)[C@@H](O)[C@H]1O. The summed E-state index contributed by atoms with van der Waals surface area (Å²) in [5.41, 5.74) is 8.13. The smallest absolute Gasteiger partial charge is 0.187 e. The van der Waals surface area contributed by atoms with Crippen LogP contribution in [0.4, 0.5) is 0 Å². The molecule has 10 atom stereocenters. The maximum absolute atomic E-state index is 11.5. The number of nitrogens with zero attached hydrogens (tertiary/aromatic N) is 2. The van der Waals surface area contributed by atoms with E-state index >= 15 is 0 Å². The number of aromatic nitrogens is 4. The molecule has 1 unspecified atom stereocenters. The zero-order chi connectivity index (χ0) is 36.1. The average Bonchev–Trinajstić information content (AvgIpc) is 3.97. The fourth-order valence-corrected chi connectivity index (χ4v) is 7.07. The van der Waals surface area contributed by atoms with E-state index in [1.165, 1.54) is 0 Å². The van der Waals surface area contributed by atoms with Gasteiger partial charge in [-0.1, -0.05) is 24.3 Å². The zero-order valence-electron chi connectivity index (χ0n) is 27.6. The van der Waals surface area contributed by atoms with Crippen molar-refractivity contribution in [1.29, 1.82) is 0 Å². The van der Waals surface area contributed by atoms with Crippen molar-refractivity contribution in [2.45, 2.75) is 61.2 Å². The van der Waals surface area contributed by atoms with E-state index in [-0.39, 0.29) is 0 Å². The summed E-state index contributed by atoms with van der Waals surface area (Å²) in [6.45, 7) is -1.34. The number of fused-ring (bicyclic) bond motifs is 8. The van der Waals surface area contributed by atoms with Gasteiger partial charge in [0, 0.05) is 27.6 Å². The summed E-state index contributed by atoms with van der Waals surface area (Å²) in [6, 6.07) is 22.9. The van der Waals surface area contributed by atoms with Crippen LogP contribution in [0.3, 0.4) is 0 Å². The molecule has 2 saturated heterocycles. The Morgan fingerprint density at radius 3 is 1.94 bits per heavy atom. The highest BCUT2D eigenvalue weighted by Gasteiger charge is 2.51. The number of aromatic amines is 2. The van der Waals surface area contributed by atoms with Crippen LogP contribution in [0.5, 0.6) is 0 Å². The van der Waals surface area contributed by atoms with Gasteiger partial charge in [0.25, 0.3) is 0 Å². The van der Waals surface area contributed by atoms with Crippen molar-refractivity contribution in [2.24, 2.45) is 0 Å². The molecule has 1 aromatic carbocycles. The van der Waals surface area contributed by atoms with Crippen molar-refractivity contribution < 1.29 is 50.0 Å². The molecule has 270 valence electrons. The maximum Gasteiger partial charge on any atom is 0.187 e. The number of benzene rings is 1. The first-order valence-electron chi connectivity index (χ1n) is 17.0. The van der Waals surface area contributed by atoms with Crippen molar-refractivity contribution in [3.8, 4) is 0 Å². The summed E-state index contributed by atoms with van der Waals surface area (Å²) in [5.74, 6) is 0. The zero-order valence-corrected chi connectivity index (χ0v) is 27.6. The van der Waals surface area contributed by atoms with E-state index in [0.717, 1.165) is 27.8 Å². The highest BCUT2D eigenvalue weighted by molar-refractivity contribution is 5.94. The van der Waals surface area contributed by atoms with Crippen molar-refractivity contribution in [1.82, 2.24) is 19.9 Å². The van der Waals surface area contributed by atoms with E-state index in [1.807, 2.05) is 78.9 Å². The second-order valence-corrected chi connectivity index (χ2v) is 13.2. The van der Waals surface area contributed by atoms with Gasteiger partial charge in [0.2, 0.25) is 0 Å². The van der Waals surface area contributed by atoms with E-state index in [0.29, 0.717) is 33.8 Å². The minimum absolute atomic E-state index is 0.502. The summed E-state index contributed by atoms with van der Waals surface area (Å²) < 4.78 is 17.5. The molecular weight excluding hydrogens is 672 g/mol. The first-order chi connectivity index (χ1) is 25.2. The second kappa shape index (κ2) is 14.1. The first-order valence-corrected chi connectivity index (χ1v) is 17.0. The van der Waals surface area contributed by atoms with E-state index in [1.54, 1.807) is 12.1 Å². The molecular formula is C38H38N4O10. The molecule has 52 heavy (non-hydrogen) atoms. The summed E-state index contributed by atoms with van der Waals surface area (Å²) >= 11 is 0. The van der Waals surface area contributed by atoms with Crippen LogP contribution in [0.25, 0.3) is 45.9 Å². The van der Waals surface area contributed by atoms with Crippen LogP contribution in [-0.4, -0.2) is 124 Å². The molecule has 4 aromatic rings. The van der Waals surface area contributed by atoms with E-state index in [9.17, 15) is 35.7 Å². The van der Waals surface area contributed by atoms with Crippen LogP contribution < -0.4 is 0 Å². The van der Waals surface area contributed by atoms with Gasteiger partial charge in [0.15, 0.2) is 6.29 Å². The largest absolute Gasteiger partial charge is 0.394 e. The third-order valence-corrected chi connectivity index (χ3v) is 9.73. The molecule has 0 spiro atoms. The molecule has 14 nitrogen and oxygen atoms in total. The molecule has 4 aliphatic heterocycles. The van der Waals surface area contributed by atoms with Crippen molar-refractivity contribution in [3.63, 3.8) is 0 Å². The van der Waals surface area contributed by atoms with Gasteiger partial charge in [-0.15, -0.1) is 0 Å². The van der Waals surface area contributed by atoms with Crippen LogP contribution in [-0.2, 0) is 14.2 Å². The number of H-pyrrole nitrogens is 2. The van der Waals surface area contributed by atoms with E-state index < -0.39 is 74.4 Å². The Hall–Kier alpha value is -4.58. The Balaban J connectivity index is 1.16. The molecule has 0 aliphatic carbocycles. The normalized spacial score (nSPS) is 30.3. The van der Waals surface area contributed by atoms with Gasteiger partial charge >= 0.3 is 0 Å². The van der Waals surface area contributed by atoms with Gasteiger partial charge in [-0.05, 0) is 77.9 Å². The van der Waals surface area contributed by atoms with Crippen molar-refractivity contribution >= 4 is 45.9 Å². The molecule has 4 aliphatic rings. The number of ether oxygens (including phenoxy) is 3. The van der Waals surface area contributed by atoms with Gasteiger partial charge in [-0.2, -0.15) is 0 Å². The van der Waals surface area contributed by atoms with E-state index in [4.69, 9.17) is 24.2 Å². The Morgan fingerprint density at radius 2 is 1.25 bits per heavy atom. The second-order valence-electron chi connectivity index (χ2n) is 13.2. The van der Waals surface area contributed by atoms with Crippen LogP contribution in [0.2, 0.25) is 0 Å². The van der Waals surface area contributed by atoms with Gasteiger partial charge in [-0.3, -0.25) is 0 Å². The number of rotatable bonds is 6. The number of hydrogen-bond donors (Lipinski definition) is 9. The number of nitrogens with one attached hydrogen (secondary N) is 2. The third-order valence-electron chi connectivity index (χ3n) is 9.73. The number of aliphatic hydroxyl groups is 7. The van der Waals surface area contributed by atoms with Crippen molar-refractivity contribution in [2.75, 3.05) is 13.2 Å². The third kappa shape index (κ3) is 6.50. The van der Waals surface area contributed by atoms with Crippen LogP contribution in [0, 0.1) is 0 Å². The van der Waals surface area contributed by atoms with Gasteiger partial charge < -0.3 is 59.9 Å². The Morgan fingerprint density at radius 1 is 0.615 bits per heavy atom. The lowest BCUT2D eigenvalue weighted by atomic mass is 9.86. The number of hydrogen-bond acceptors (Lipinski definition) is 12. The molecule has 0 saturated carbocycles. The summed E-state index contributed by atoms with van der Waals surface area (Å²) in [5, 5.41) is 73.8. The van der Waals surface area contributed by atoms with Crippen LogP contribution in [0.15, 0.2) is 72.8 Å². The minimum atomic E-state index is -1.76. The highest BCUT2D eigenvalue weighted by Crippen LogP contribution is 2.40. The molecule has 0 amide bonds. The number of aliphatic hydroxyl groups excluding tert-OH is 7. The lowest BCUT2D eigenvalue weighted by Gasteiger charge is -2.46. The molecule has 3 aromatic heterocycles. The molecule has 14 heteroatoms. The standard InChI is InChI=1S/C38H38N4O10/c43-16-29-31(45)32(46)35(49)38(51-29)52-37-30(17-44)50-36(33(47)34(37)48)26-4-2-1-3-25(26)27-14-24-13-22-8-7-20(40-22)11-18-5-6-19(39-18)12-21-9-10-23(41-21)15-28(27)42-24/h1-15,29-40,43-49H,16-17H2/t29-,30-,31+,32+,33-,34-,35-,36?,37-,38+/m1/s1. The topological polar surface area (TPSA) is 227 Å². The molecule has 0 radical (unpaired) electrons. The Bertz CT molecular complexity index is 2180. The summed E-state index contributed by atoms with van der Waals surface area (Å²) in [4.78, 5) is 16.5. The molecule has 7 heterocycles. The molecule has 2 fully saturated rings. The Kier molecular flexibility index (Phi) is 9.35. The van der Waals surface area contributed by atoms with Crippen molar-refractivity contribution in [3.05, 3.63) is 107 Å². The van der Waals surface area contributed by atoms with E-state index in [2.05, 4.69) is 9.97 Å². The summed E-state index contributed by atoms with van der Waals surface area (Å²) in [7, 11) is 0. The average molecular weight is 711 g/mol. The fourth-order valence-electron chi connectivity index (χ4n) is 7.07. The first kappa shape index (κ1) is 34.5. The minimum Gasteiger partial charge on any atom is -0.394 e. The lowest BCUT2D eigenvalue weighted by molar-refractivity contribution is -0.342. The monoisotopic (exact) mass is 710 g/mol. The lowest BCUT2D eigenvalue weighted by Crippen LogP contribution is -2.63. The fraction of sp³-hybridized carbons (Fsp3) is 0.316. The van der Waals surface area contributed by atoms with Gasteiger partial charge in [-0.25, -0.2) is 9.97 Å². The summed E-state index contributed by atoms with van der Waals surface area (Å²) in [6.07, 6.45) is -9.32. The van der Waals surface area contributed by atoms with Gasteiger partial charge in [0.05, 0.1) is 36.0 Å². The predicted molar refractivity (Wildman–Crippen MR) is 189 cm³/mol. The maximum atomic E-state index is 11.5.